The molecule has 1 N–H and O–H groups in total. The molecular formula is C23H20FN3O3S. The molecule has 4 aromatic rings. The maximum Gasteiger partial charge on any atom is 0.240 e. The van der Waals surface area contributed by atoms with Gasteiger partial charge in [-0.1, -0.05) is 36.4 Å². The van der Waals surface area contributed by atoms with Gasteiger partial charge in [-0.25, -0.2) is 12.8 Å². The van der Waals surface area contributed by atoms with E-state index >= 15 is 0 Å². The van der Waals surface area contributed by atoms with Gasteiger partial charge in [0.2, 0.25) is 5.91 Å². The van der Waals surface area contributed by atoms with Gasteiger partial charge in [-0.2, -0.15) is 0 Å². The number of aromatic nitrogens is 2. The van der Waals surface area contributed by atoms with Crippen molar-refractivity contribution in [2.45, 2.75) is 23.7 Å². The van der Waals surface area contributed by atoms with E-state index in [1.807, 2.05) is 12.1 Å². The zero-order valence-corrected chi connectivity index (χ0v) is 17.3. The van der Waals surface area contributed by atoms with Crippen LogP contribution < -0.4 is 5.32 Å². The van der Waals surface area contributed by atoms with Crippen LogP contribution in [0.15, 0.2) is 84.0 Å². The number of halogens is 1. The van der Waals surface area contributed by atoms with Gasteiger partial charge in [-0.05, 0) is 35.9 Å². The minimum atomic E-state index is -3.76. The van der Waals surface area contributed by atoms with E-state index in [0.717, 1.165) is 5.69 Å². The first-order chi connectivity index (χ1) is 14.9. The average Bonchev–Trinajstić information content (AvgIpc) is 3.12. The molecule has 1 amide bonds. The second-order valence-corrected chi connectivity index (χ2v) is 9.08. The molecule has 0 atom stereocenters. The molecule has 0 fully saturated rings. The molecule has 31 heavy (non-hydrogen) atoms. The number of amides is 1. The molecule has 0 aliphatic carbocycles. The molecule has 0 unspecified atom stereocenters. The third-order valence-electron chi connectivity index (χ3n) is 4.84. The van der Waals surface area contributed by atoms with Crippen molar-refractivity contribution in [2.75, 3.05) is 0 Å². The maximum atomic E-state index is 13.5. The van der Waals surface area contributed by atoms with Crippen LogP contribution in [0.2, 0.25) is 0 Å². The number of nitrogens with one attached hydrogen (secondary N) is 1. The molecule has 0 aliphatic rings. The van der Waals surface area contributed by atoms with Crippen molar-refractivity contribution in [3.05, 3.63) is 96.2 Å². The van der Waals surface area contributed by atoms with Crippen LogP contribution in [-0.2, 0) is 33.5 Å². The van der Waals surface area contributed by atoms with Gasteiger partial charge in [0, 0.05) is 23.3 Å². The lowest BCUT2D eigenvalue weighted by molar-refractivity contribution is -0.121. The Labute approximate surface area is 179 Å². The maximum absolute atomic E-state index is 13.5. The van der Waals surface area contributed by atoms with E-state index in [-0.39, 0.29) is 29.6 Å². The molecule has 0 saturated heterocycles. The van der Waals surface area contributed by atoms with Crippen molar-refractivity contribution in [2.24, 2.45) is 0 Å². The summed E-state index contributed by atoms with van der Waals surface area (Å²) in [6.45, 7) is 0.242. The normalized spacial score (nSPS) is 11.5. The summed E-state index contributed by atoms with van der Waals surface area (Å²) < 4.78 is 41.3. The Morgan fingerprint density at radius 1 is 1.03 bits per heavy atom. The minimum Gasteiger partial charge on any atom is -0.349 e. The first-order valence-corrected chi connectivity index (χ1v) is 11.3. The highest BCUT2D eigenvalue weighted by Crippen LogP contribution is 2.28. The SMILES string of the molecule is O=C(Cn1cc(S(=O)(=O)Cc2cccc(F)c2)c2ccccc21)NCc1ccccn1. The van der Waals surface area contributed by atoms with E-state index in [2.05, 4.69) is 10.3 Å². The van der Waals surface area contributed by atoms with Gasteiger partial charge in [-0.3, -0.25) is 9.78 Å². The number of sulfone groups is 1. The lowest BCUT2D eigenvalue weighted by atomic mass is 10.2. The molecule has 2 aromatic carbocycles. The molecular weight excluding hydrogens is 417 g/mol. The summed E-state index contributed by atoms with van der Waals surface area (Å²) in [7, 11) is -3.76. The number of pyridine rings is 1. The number of hydrogen-bond acceptors (Lipinski definition) is 4. The second kappa shape index (κ2) is 8.69. The van der Waals surface area contributed by atoms with Gasteiger partial charge in [0.15, 0.2) is 9.84 Å². The Morgan fingerprint density at radius 2 is 1.84 bits per heavy atom. The van der Waals surface area contributed by atoms with Crippen molar-refractivity contribution in [1.29, 1.82) is 0 Å². The van der Waals surface area contributed by atoms with E-state index in [1.54, 1.807) is 47.2 Å². The molecule has 2 aromatic heterocycles. The fourth-order valence-corrected chi connectivity index (χ4v) is 4.99. The van der Waals surface area contributed by atoms with Gasteiger partial charge in [0.25, 0.3) is 0 Å². The Hall–Kier alpha value is -3.52. The number of carbonyl (C=O) groups excluding carboxylic acids is 1. The average molecular weight is 437 g/mol. The lowest BCUT2D eigenvalue weighted by Gasteiger charge is -2.07. The molecule has 0 saturated carbocycles. The van der Waals surface area contributed by atoms with Crippen LogP contribution in [-0.4, -0.2) is 23.9 Å². The van der Waals surface area contributed by atoms with E-state index in [0.29, 0.717) is 16.5 Å². The number of para-hydroxylation sites is 1. The number of nitrogens with zero attached hydrogens (tertiary/aromatic N) is 2. The minimum absolute atomic E-state index is 0.0389. The second-order valence-electron chi connectivity index (χ2n) is 7.13. The number of benzene rings is 2. The van der Waals surface area contributed by atoms with Crippen molar-refractivity contribution >= 4 is 26.6 Å². The number of hydrogen-bond donors (Lipinski definition) is 1. The molecule has 0 aliphatic heterocycles. The fourth-order valence-electron chi connectivity index (χ4n) is 3.42. The highest BCUT2D eigenvalue weighted by molar-refractivity contribution is 7.90. The van der Waals surface area contributed by atoms with Gasteiger partial charge >= 0.3 is 0 Å². The largest absolute Gasteiger partial charge is 0.349 e. The van der Waals surface area contributed by atoms with E-state index in [9.17, 15) is 17.6 Å². The fraction of sp³-hybridized carbons (Fsp3) is 0.130. The van der Waals surface area contributed by atoms with E-state index in [4.69, 9.17) is 0 Å². The number of rotatable bonds is 7. The third-order valence-corrected chi connectivity index (χ3v) is 6.55. The van der Waals surface area contributed by atoms with Crippen LogP contribution in [0, 0.1) is 5.82 Å². The van der Waals surface area contributed by atoms with Crippen LogP contribution in [0.1, 0.15) is 11.3 Å². The van der Waals surface area contributed by atoms with Crippen molar-refractivity contribution in [1.82, 2.24) is 14.9 Å². The van der Waals surface area contributed by atoms with Crippen molar-refractivity contribution in [3.8, 4) is 0 Å². The molecule has 158 valence electrons. The quantitative estimate of drug-likeness (QED) is 0.480. The van der Waals surface area contributed by atoms with Crippen molar-refractivity contribution < 1.29 is 17.6 Å². The van der Waals surface area contributed by atoms with Crippen LogP contribution in [0.25, 0.3) is 10.9 Å². The molecule has 0 radical (unpaired) electrons. The monoisotopic (exact) mass is 437 g/mol. The molecule has 2 heterocycles. The van der Waals surface area contributed by atoms with Gasteiger partial charge in [0.1, 0.15) is 12.4 Å². The first kappa shape index (κ1) is 20.7. The number of carbonyl (C=O) groups is 1. The summed E-state index contributed by atoms with van der Waals surface area (Å²) in [5, 5.41) is 3.32. The summed E-state index contributed by atoms with van der Waals surface area (Å²) in [5.74, 6) is -1.08. The van der Waals surface area contributed by atoms with Gasteiger partial charge in [-0.15, -0.1) is 0 Å². The standard InChI is InChI=1S/C23H20FN3O3S/c24-18-7-5-6-17(12-18)16-31(29,30)22-14-27(21-10-2-1-9-20(21)22)15-23(28)26-13-19-8-3-4-11-25-19/h1-12,14H,13,15-16H2,(H,26,28). The third kappa shape index (κ3) is 4.80. The van der Waals surface area contributed by atoms with Gasteiger partial charge < -0.3 is 9.88 Å². The van der Waals surface area contributed by atoms with Crippen LogP contribution in [0.3, 0.4) is 0 Å². The van der Waals surface area contributed by atoms with Gasteiger partial charge in [0.05, 0.1) is 22.9 Å². The molecule has 6 nitrogen and oxygen atoms in total. The lowest BCUT2D eigenvalue weighted by Crippen LogP contribution is -2.27. The van der Waals surface area contributed by atoms with Crippen LogP contribution >= 0.6 is 0 Å². The van der Waals surface area contributed by atoms with E-state index < -0.39 is 15.7 Å². The van der Waals surface area contributed by atoms with Crippen LogP contribution in [0.5, 0.6) is 0 Å². The zero-order chi connectivity index (χ0) is 21.8. The van der Waals surface area contributed by atoms with E-state index in [1.165, 1.54) is 24.4 Å². The highest BCUT2D eigenvalue weighted by atomic mass is 32.2. The molecule has 8 heteroatoms. The smallest absolute Gasteiger partial charge is 0.240 e. The summed E-state index contributed by atoms with van der Waals surface area (Å²) in [6, 6.07) is 18.0. The molecule has 0 bridgehead atoms. The summed E-state index contributed by atoms with van der Waals surface area (Å²) in [6.07, 6.45) is 3.12. The summed E-state index contributed by atoms with van der Waals surface area (Å²) in [4.78, 5) is 16.7. The first-order valence-electron chi connectivity index (χ1n) is 9.64. The predicted octanol–water partition coefficient (Wildman–Crippen LogP) is 3.47. The zero-order valence-electron chi connectivity index (χ0n) is 16.5. The number of fused-ring (bicyclic) bond motifs is 1. The summed E-state index contributed by atoms with van der Waals surface area (Å²) in [5.41, 5.74) is 1.73. The van der Waals surface area contributed by atoms with Crippen LogP contribution in [0.4, 0.5) is 4.39 Å². The Morgan fingerprint density at radius 3 is 2.61 bits per heavy atom. The summed E-state index contributed by atoms with van der Waals surface area (Å²) >= 11 is 0. The Kier molecular flexibility index (Phi) is 5.81. The molecule has 0 spiro atoms. The Balaban J connectivity index is 1.59. The highest BCUT2D eigenvalue weighted by Gasteiger charge is 2.22. The Bertz CT molecular complexity index is 1330. The predicted molar refractivity (Wildman–Crippen MR) is 115 cm³/mol. The topological polar surface area (TPSA) is 81.1 Å². The molecule has 4 rings (SSSR count). The van der Waals surface area contributed by atoms with Crippen molar-refractivity contribution in [3.63, 3.8) is 0 Å².